The molecule has 0 saturated heterocycles. The number of hydrogen-bond acceptors (Lipinski definition) is 3. The summed E-state index contributed by atoms with van der Waals surface area (Å²) in [5.41, 5.74) is -6.43. The lowest BCUT2D eigenvalue weighted by Crippen LogP contribution is -2.37. The average Bonchev–Trinajstić information content (AvgIpc) is 2.70. The first kappa shape index (κ1) is 15.3. The highest BCUT2D eigenvalue weighted by molar-refractivity contribution is 7.87. The fourth-order valence-electron chi connectivity index (χ4n) is 3.56. The first-order chi connectivity index (χ1) is 8.33. The molecule has 0 aromatic heterocycles. The predicted molar refractivity (Wildman–Crippen MR) is 67.9 cm³/mol. The second kappa shape index (κ2) is 3.97. The fourth-order valence-corrected chi connectivity index (χ4v) is 6.95. The third kappa shape index (κ3) is 2.35. The minimum atomic E-state index is -5.48. The highest BCUT2D eigenvalue weighted by Crippen LogP contribution is 2.67. The topological polar surface area (TPSA) is 43.4 Å². The van der Waals surface area contributed by atoms with Gasteiger partial charge in [-0.3, -0.25) is 4.18 Å². The van der Waals surface area contributed by atoms with Crippen molar-refractivity contribution in [2.24, 2.45) is 0 Å². The van der Waals surface area contributed by atoms with Gasteiger partial charge in [0.2, 0.25) is 0 Å². The summed E-state index contributed by atoms with van der Waals surface area (Å²) >= 11 is 0. The maximum atomic E-state index is 12.4. The summed E-state index contributed by atoms with van der Waals surface area (Å²) < 4.78 is 64.3. The molecular formula is C11H19F3O3SSi. The van der Waals surface area contributed by atoms with Gasteiger partial charge in [-0.05, 0) is 37.1 Å². The monoisotopic (exact) mass is 316 g/mol. The first-order valence-electron chi connectivity index (χ1n) is 6.35. The molecule has 0 atom stereocenters. The highest BCUT2D eigenvalue weighted by atomic mass is 32.2. The van der Waals surface area contributed by atoms with E-state index < -0.39 is 29.3 Å². The average molecular weight is 316 g/mol. The molecule has 19 heavy (non-hydrogen) atoms. The standard InChI is InChI=1S/C11H19F3O3SSi/c1-19(2,3)10-6-4-9(8-10,5-7-10)17-18(15,16)11(12,13)14/h4-8H2,1-3H3. The van der Waals surface area contributed by atoms with Crippen LogP contribution in [-0.4, -0.2) is 27.6 Å². The Morgan fingerprint density at radius 1 is 1.05 bits per heavy atom. The van der Waals surface area contributed by atoms with Crippen molar-refractivity contribution in [1.29, 1.82) is 0 Å². The molecule has 0 unspecified atom stereocenters. The van der Waals surface area contributed by atoms with Crippen molar-refractivity contribution in [2.45, 2.75) is 67.9 Å². The summed E-state index contributed by atoms with van der Waals surface area (Å²) in [6, 6.07) is 0. The van der Waals surface area contributed by atoms with E-state index in [1.165, 1.54) is 0 Å². The molecule has 112 valence electrons. The molecule has 0 aromatic carbocycles. The molecule has 2 fully saturated rings. The van der Waals surface area contributed by atoms with Crippen LogP contribution >= 0.6 is 0 Å². The molecule has 3 nitrogen and oxygen atoms in total. The number of halogens is 3. The summed E-state index contributed by atoms with van der Waals surface area (Å²) in [5.74, 6) is 0. The van der Waals surface area contributed by atoms with E-state index in [0.29, 0.717) is 19.3 Å². The zero-order chi connectivity index (χ0) is 14.7. The number of alkyl halides is 3. The van der Waals surface area contributed by atoms with Gasteiger partial charge in [0.05, 0.1) is 13.7 Å². The molecule has 0 aliphatic heterocycles. The predicted octanol–water partition coefficient (Wildman–Crippen LogP) is 3.65. The molecule has 0 N–H and O–H groups in total. The normalized spacial score (nSPS) is 35.9. The lowest BCUT2D eigenvalue weighted by atomic mass is 9.97. The molecule has 0 heterocycles. The number of fused-ring (bicyclic) bond motifs is 2. The van der Waals surface area contributed by atoms with Crippen molar-refractivity contribution in [1.82, 2.24) is 0 Å². The van der Waals surface area contributed by atoms with Crippen LogP contribution in [0.5, 0.6) is 0 Å². The van der Waals surface area contributed by atoms with E-state index in [1.54, 1.807) is 0 Å². The minimum absolute atomic E-state index is 0.0358. The van der Waals surface area contributed by atoms with E-state index in [2.05, 4.69) is 23.8 Å². The quantitative estimate of drug-likeness (QED) is 0.453. The molecule has 2 bridgehead atoms. The van der Waals surface area contributed by atoms with Crippen LogP contribution < -0.4 is 0 Å². The van der Waals surface area contributed by atoms with Gasteiger partial charge in [-0.25, -0.2) is 0 Å². The van der Waals surface area contributed by atoms with Gasteiger partial charge < -0.3 is 0 Å². The molecule has 0 radical (unpaired) electrons. The molecule has 2 saturated carbocycles. The van der Waals surface area contributed by atoms with Crippen LogP contribution in [0.25, 0.3) is 0 Å². The van der Waals surface area contributed by atoms with E-state index in [4.69, 9.17) is 0 Å². The van der Waals surface area contributed by atoms with Crippen LogP contribution in [0.1, 0.15) is 32.1 Å². The van der Waals surface area contributed by atoms with Crippen molar-refractivity contribution in [3.63, 3.8) is 0 Å². The summed E-state index contributed by atoms with van der Waals surface area (Å²) in [7, 11) is -7.04. The van der Waals surface area contributed by atoms with Crippen LogP contribution in [0.2, 0.25) is 24.7 Å². The smallest absolute Gasteiger partial charge is 0.256 e. The Morgan fingerprint density at radius 2 is 1.53 bits per heavy atom. The molecule has 2 aliphatic carbocycles. The molecule has 8 heteroatoms. The zero-order valence-corrected chi connectivity index (χ0v) is 13.1. The Morgan fingerprint density at radius 3 is 1.84 bits per heavy atom. The largest absolute Gasteiger partial charge is 0.523 e. The van der Waals surface area contributed by atoms with Gasteiger partial charge in [-0.15, -0.1) is 0 Å². The fraction of sp³-hybridized carbons (Fsp3) is 1.00. The van der Waals surface area contributed by atoms with E-state index >= 15 is 0 Å². The van der Waals surface area contributed by atoms with Crippen molar-refractivity contribution in [3.05, 3.63) is 0 Å². The van der Waals surface area contributed by atoms with Crippen LogP contribution in [-0.2, 0) is 14.3 Å². The highest BCUT2D eigenvalue weighted by Gasteiger charge is 2.63. The number of rotatable bonds is 3. The van der Waals surface area contributed by atoms with Crippen molar-refractivity contribution in [2.75, 3.05) is 0 Å². The Balaban J connectivity index is 2.23. The van der Waals surface area contributed by atoms with Crippen molar-refractivity contribution >= 4 is 18.2 Å². The summed E-state index contributed by atoms with van der Waals surface area (Å²) in [5, 5.41) is 0.0358. The lowest BCUT2D eigenvalue weighted by molar-refractivity contribution is -0.0647. The van der Waals surface area contributed by atoms with Crippen molar-refractivity contribution in [3.8, 4) is 0 Å². The van der Waals surface area contributed by atoms with Gasteiger partial charge in [0.25, 0.3) is 0 Å². The van der Waals surface area contributed by atoms with Gasteiger partial charge in [0.15, 0.2) is 0 Å². The van der Waals surface area contributed by atoms with Crippen LogP contribution in [0.3, 0.4) is 0 Å². The van der Waals surface area contributed by atoms with Crippen LogP contribution in [0.4, 0.5) is 13.2 Å². The Hall–Kier alpha value is -0.0831. The lowest BCUT2D eigenvalue weighted by Gasteiger charge is -2.38. The minimum Gasteiger partial charge on any atom is -0.256 e. The number of hydrogen-bond donors (Lipinski definition) is 0. The maximum absolute atomic E-state index is 12.4. The van der Waals surface area contributed by atoms with E-state index in [9.17, 15) is 21.6 Å². The van der Waals surface area contributed by atoms with Gasteiger partial charge in [0.1, 0.15) is 0 Å². The Bertz CT molecular complexity index is 470. The van der Waals surface area contributed by atoms with E-state index in [1.807, 2.05) is 0 Å². The van der Waals surface area contributed by atoms with Crippen LogP contribution in [0.15, 0.2) is 0 Å². The van der Waals surface area contributed by atoms with Crippen LogP contribution in [0, 0.1) is 0 Å². The first-order valence-corrected chi connectivity index (χ1v) is 11.3. The van der Waals surface area contributed by atoms with Gasteiger partial charge in [0, 0.05) is 0 Å². The third-order valence-corrected chi connectivity index (χ3v) is 9.94. The van der Waals surface area contributed by atoms with Gasteiger partial charge in [-0.1, -0.05) is 19.6 Å². The summed E-state index contributed by atoms with van der Waals surface area (Å²) in [6.45, 7) is 6.56. The maximum Gasteiger partial charge on any atom is 0.523 e. The molecular weight excluding hydrogens is 297 g/mol. The second-order valence-corrected chi connectivity index (χ2v) is 14.0. The molecule has 2 aliphatic rings. The van der Waals surface area contributed by atoms with Gasteiger partial charge in [-0.2, -0.15) is 21.6 Å². The molecule has 2 rings (SSSR count). The molecule has 0 amide bonds. The molecule has 0 spiro atoms. The van der Waals surface area contributed by atoms with E-state index in [-0.39, 0.29) is 5.04 Å². The van der Waals surface area contributed by atoms with Crippen molar-refractivity contribution < 1.29 is 25.8 Å². The third-order valence-electron chi connectivity index (χ3n) is 4.94. The molecule has 0 aromatic rings. The van der Waals surface area contributed by atoms with Gasteiger partial charge >= 0.3 is 15.6 Å². The Kier molecular flexibility index (Phi) is 3.20. The SMILES string of the molecule is C[Si](C)(C)C12CCC(OS(=O)(=O)C(F)(F)F)(CC1)C2. The zero-order valence-electron chi connectivity index (χ0n) is 11.3. The van der Waals surface area contributed by atoms with E-state index in [0.717, 1.165) is 12.8 Å². The summed E-state index contributed by atoms with van der Waals surface area (Å²) in [6.07, 6.45) is 2.89. The second-order valence-electron chi connectivity index (χ2n) is 6.87. The summed E-state index contributed by atoms with van der Waals surface area (Å²) in [4.78, 5) is 0. The Labute approximate surface area is 112 Å².